The van der Waals surface area contributed by atoms with Crippen LogP contribution in [-0.2, 0) is 11.2 Å². The van der Waals surface area contributed by atoms with Gasteiger partial charge >= 0.3 is 29.6 Å². The van der Waals surface area contributed by atoms with Gasteiger partial charge in [0, 0.05) is 18.0 Å². The van der Waals surface area contributed by atoms with Crippen LogP contribution in [0.4, 0.5) is 5.69 Å². The fraction of sp³-hybridized carbons (Fsp3) is 0.440. The number of carbonyl (C=O) groups is 1. The van der Waals surface area contributed by atoms with E-state index in [0.717, 1.165) is 41.4 Å². The van der Waals surface area contributed by atoms with Crippen LogP contribution in [-0.4, -0.2) is 17.6 Å². The number of thiocarbonyl (C=S) groups is 1. The summed E-state index contributed by atoms with van der Waals surface area (Å²) in [5, 5.41) is 14.5. The van der Waals surface area contributed by atoms with Crippen LogP contribution in [0.3, 0.4) is 0 Å². The molecule has 0 aromatic heterocycles. The summed E-state index contributed by atoms with van der Waals surface area (Å²) in [5.74, 6) is 0.525. The van der Waals surface area contributed by atoms with Crippen molar-refractivity contribution in [2.45, 2.75) is 58.8 Å². The molecule has 32 heavy (non-hydrogen) atoms. The molecule has 0 atom stereocenters. The second kappa shape index (κ2) is 13.0. The average Bonchev–Trinajstić information content (AvgIpc) is 2.70. The van der Waals surface area contributed by atoms with E-state index in [4.69, 9.17) is 28.6 Å². The second-order valence-electron chi connectivity index (χ2n) is 8.39. The SMILES string of the molecule is Cc1cc(OCCC2CCCCC2)cc(C)c1C(=S)Nc1cc(CC(=O)[O-])ccc1Cl.[Na+]. The molecule has 1 aliphatic carbocycles. The summed E-state index contributed by atoms with van der Waals surface area (Å²) >= 11 is 11.9. The van der Waals surface area contributed by atoms with E-state index in [1.165, 1.54) is 32.1 Å². The smallest absolute Gasteiger partial charge is 0.550 e. The number of benzene rings is 2. The Balaban J connectivity index is 0.00000363. The van der Waals surface area contributed by atoms with Crippen molar-refractivity contribution in [3.63, 3.8) is 0 Å². The number of carboxylic acid groups (broad SMARTS) is 1. The van der Waals surface area contributed by atoms with E-state index < -0.39 is 5.97 Å². The van der Waals surface area contributed by atoms with Crippen LogP contribution >= 0.6 is 23.8 Å². The number of ether oxygens (including phenoxy) is 1. The van der Waals surface area contributed by atoms with Gasteiger partial charge in [-0.25, -0.2) is 0 Å². The van der Waals surface area contributed by atoms with Crippen molar-refractivity contribution in [3.05, 3.63) is 57.6 Å². The summed E-state index contributed by atoms with van der Waals surface area (Å²) in [4.78, 5) is 11.4. The number of carboxylic acids is 1. The van der Waals surface area contributed by atoms with Gasteiger partial charge in [0.15, 0.2) is 0 Å². The molecule has 3 rings (SSSR count). The Kier molecular flexibility index (Phi) is 11.0. The molecule has 166 valence electrons. The Labute approximate surface area is 223 Å². The Bertz CT molecular complexity index is 937. The summed E-state index contributed by atoms with van der Waals surface area (Å²) in [5.41, 5.74) is 4.15. The molecule has 1 saturated carbocycles. The predicted molar refractivity (Wildman–Crippen MR) is 128 cm³/mol. The second-order valence-corrected chi connectivity index (χ2v) is 9.21. The molecule has 1 aliphatic rings. The van der Waals surface area contributed by atoms with Crippen LogP contribution in [0.1, 0.15) is 60.8 Å². The van der Waals surface area contributed by atoms with Crippen molar-refractivity contribution in [1.29, 1.82) is 0 Å². The fourth-order valence-corrected chi connectivity index (χ4v) is 4.91. The molecular formula is C25H29ClNNaO3S. The van der Waals surface area contributed by atoms with E-state index in [1.807, 2.05) is 26.0 Å². The number of aliphatic carboxylic acids is 1. The average molecular weight is 482 g/mol. The van der Waals surface area contributed by atoms with Gasteiger partial charge in [-0.05, 0) is 67.1 Å². The van der Waals surface area contributed by atoms with E-state index in [2.05, 4.69) is 5.32 Å². The summed E-state index contributed by atoms with van der Waals surface area (Å²) in [6, 6.07) is 9.06. The van der Waals surface area contributed by atoms with Crippen molar-refractivity contribution in [2.24, 2.45) is 5.92 Å². The molecule has 0 amide bonds. The van der Waals surface area contributed by atoms with E-state index in [9.17, 15) is 9.90 Å². The number of hydrogen-bond acceptors (Lipinski definition) is 4. The van der Waals surface area contributed by atoms with Gasteiger partial charge in [-0.15, -0.1) is 0 Å². The number of carbonyl (C=O) groups excluding carboxylic acids is 1. The zero-order valence-corrected chi connectivity index (χ0v) is 22.7. The van der Waals surface area contributed by atoms with Gasteiger partial charge in [0.05, 0.1) is 17.3 Å². The molecule has 4 nitrogen and oxygen atoms in total. The van der Waals surface area contributed by atoms with E-state index in [0.29, 0.717) is 21.3 Å². The third-order valence-electron chi connectivity index (χ3n) is 5.88. The third kappa shape index (κ3) is 7.74. The predicted octanol–water partition coefficient (Wildman–Crippen LogP) is 2.39. The van der Waals surface area contributed by atoms with Crippen LogP contribution < -0.4 is 44.7 Å². The molecule has 0 saturated heterocycles. The first-order valence-corrected chi connectivity index (χ1v) is 11.7. The zero-order valence-electron chi connectivity index (χ0n) is 19.1. The van der Waals surface area contributed by atoms with Gasteiger partial charge in [-0.2, -0.15) is 0 Å². The molecule has 0 aliphatic heterocycles. The first-order chi connectivity index (χ1) is 14.8. The topological polar surface area (TPSA) is 61.4 Å². The minimum absolute atomic E-state index is 0. The molecule has 0 radical (unpaired) electrons. The van der Waals surface area contributed by atoms with Crippen molar-refractivity contribution in [2.75, 3.05) is 11.9 Å². The first kappa shape index (κ1) is 27.1. The minimum Gasteiger partial charge on any atom is -0.550 e. The summed E-state index contributed by atoms with van der Waals surface area (Å²) in [7, 11) is 0. The van der Waals surface area contributed by atoms with Crippen LogP contribution in [0.15, 0.2) is 30.3 Å². The molecule has 1 fully saturated rings. The van der Waals surface area contributed by atoms with Gasteiger partial charge < -0.3 is 20.0 Å². The fourth-order valence-electron chi connectivity index (χ4n) is 4.31. The number of hydrogen-bond donors (Lipinski definition) is 1. The number of halogens is 1. The monoisotopic (exact) mass is 481 g/mol. The molecule has 2 aromatic carbocycles. The van der Waals surface area contributed by atoms with Crippen molar-refractivity contribution in [3.8, 4) is 5.75 Å². The van der Waals surface area contributed by atoms with Crippen LogP contribution in [0.2, 0.25) is 5.02 Å². The molecule has 0 spiro atoms. The molecule has 0 heterocycles. The van der Waals surface area contributed by atoms with Gasteiger partial charge in [0.2, 0.25) is 0 Å². The Morgan fingerprint density at radius 3 is 2.44 bits per heavy atom. The summed E-state index contributed by atoms with van der Waals surface area (Å²) in [6.07, 6.45) is 7.66. The molecule has 0 unspecified atom stereocenters. The van der Waals surface area contributed by atoms with Crippen LogP contribution in [0.5, 0.6) is 5.75 Å². The Hall–Kier alpha value is -1.11. The number of aryl methyl sites for hydroxylation is 2. The largest absolute Gasteiger partial charge is 1.00 e. The van der Waals surface area contributed by atoms with Gasteiger partial charge in [-0.3, -0.25) is 0 Å². The summed E-state index contributed by atoms with van der Waals surface area (Å²) in [6.45, 7) is 4.77. The number of nitrogens with one attached hydrogen (secondary N) is 1. The Morgan fingerprint density at radius 2 is 1.81 bits per heavy atom. The molecule has 7 heteroatoms. The number of rotatable bonds is 8. The van der Waals surface area contributed by atoms with Gasteiger partial charge in [0.1, 0.15) is 10.7 Å². The number of anilines is 1. The van der Waals surface area contributed by atoms with E-state index in [-0.39, 0.29) is 36.0 Å². The van der Waals surface area contributed by atoms with Crippen molar-refractivity contribution in [1.82, 2.24) is 0 Å². The van der Waals surface area contributed by atoms with Crippen LogP contribution in [0, 0.1) is 19.8 Å². The maximum atomic E-state index is 10.9. The minimum atomic E-state index is -1.14. The van der Waals surface area contributed by atoms with Crippen molar-refractivity contribution >= 4 is 40.5 Å². The van der Waals surface area contributed by atoms with Gasteiger partial charge in [-0.1, -0.05) is 62.0 Å². The van der Waals surface area contributed by atoms with E-state index >= 15 is 0 Å². The Morgan fingerprint density at radius 1 is 1.16 bits per heavy atom. The quantitative estimate of drug-likeness (QED) is 0.463. The standard InChI is InChI=1S/C25H30ClNO3S.Na/c1-16-12-20(30-11-10-18-6-4-3-5-7-18)13-17(2)24(16)25(31)27-22-14-19(15-23(28)29)8-9-21(22)26;/h8-9,12-14,18H,3-7,10-11,15H2,1-2H3,(H,27,31)(H,28,29);/q;+1/p-1. The van der Waals surface area contributed by atoms with Gasteiger partial charge in [0.25, 0.3) is 0 Å². The molecule has 0 bridgehead atoms. The van der Waals surface area contributed by atoms with Crippen LogP contribution in [0.25, 0.3) is 0 Å². The van der Waals surface area contributed by atoms with E-state index in [1.54, 1.807) is 18.2 Å². The maximum Gasteiger partial charge on any atom is 1.00 e. The molecule has 1 N–H and O–H groups in total. The zero-order chi connectivity index (χ0) is 22.4. The molecular weight excluding hydrogens is 453 g/mol. The summed E-state index contributed by atoms with van der Waals surface area (Å²) < 4.78 is 6.05. The van der Waals surface area contributed by atoms with Crippen molar-refractivity contribution < 1.29 is 44.2 Å². The first-order valence-electron chi connectivity index (χ1n) is 10.9. The third-order valence-corrected chi connectivity index (χ3v) is 6.52. The normalized spacial score (nSPS) is 13.8. The maximum absolute atomic E-state index is 10.9. The molecule has 2 aromatic rings.